The quantitative estimate of drug-likeness (QED) is 0.482. The van der Waals surface area contributed by atoms with Gasteiger partial charge in [-0.1, -0.05) is 33.6 Å². The lowest BCUT2D eigenvalue weighted by Crippen LogP contribution is -2.03. The van der Waals surface area contributed by atoms with E-state index in [1.54, 1.807) is 6.42 Å². The molecule has 0 radical (unpaired) electrons. The van der Waals surface area contributed by atoms with Crippen molar-refractivity contribution in [2.75, 3.05) is 0 Å². The van der Waals surface area contributed by atoms with E-state index in [1.807, 2.05) is 13.8 Å². The van der Waals surface area contributed by atoms with E-state index in [9.17, 15) is 0 Å². The van der Waals surface area contributed by atoms with Gasteiger partial charge in [-0.2, -0.15) is 0 Å². The maximum absolute atomic E-state index is 2.46. The van der Waals surface area contributed by atoms with Crippen molar-refractivity contribution >= 4 is 0 Å². The van der Waals surface area contributed by atoms with E-state index < -0.39 is 0 Å². The average Bonchev–Trinajstić information content (AvgIpc) is 2.64. The molecule has 2 fully saturated rings. The van der Waals surface area contributed by atoms with Crippen molar-refractivity contribution in [3.8, 4) is 0 Å². The molecule has 0 saturated heterocycles. The van der Waals surface area contributed by atoms with E-state index in [0.717, 1.165) is 11.3 Å². The molecule has 0 N–H and O–H groups in total. The van der Waals surface area contributed by atoms with Crippen LogP contribution >= 0.6 is 0 Å². The zero-order valence-electron chi connectivity index (χ0n) is 7.61. The van der Waals surface area contributed by atoms with Crippen LogP contribution in [0.15, 0.2) is 0 Å². The van der Waals surface area contributed by atoms with Crippen LogP contribution in [0.5, 0.6) is 0 Å². The minimum atomic E-state index is 0.845. The average molecular weight is 140 g/mol. The first-order chi connectivity index (χ1) is 4.81. The van der Waals surface area contributed by atoms with Crippen LogP contribution in [0.25, 0.3) is 0 Å². The zero-order valence-corrected chi connectivity index (χ0v) is 7.61. The lowest BCUT2D eigenvalue weighted by molar-refractivity contribution is 0.366. The molecule has 2 rings (SSSR count). The topological polar surface area (TPSA) is 0 Å². The second-order valence-electron chi connectivity index (χ2n) is 3.80. The molecule has 2 atom stereocenters. The fourth-order valence-corrected chi connectivity index (χ4v) is 2.18. The molecular weight excluding hydrogens is 120 g/mol. The van der Waals surface area contributed by atoms with Gasteiger partial charge >= 0.3 is 0 Å². The zero-order chi connectivity index (χ0) is 7.61. The van der Waals surface area contributed by atoms with Crippen LogP contribution < -0.4 is 0 Å². The molecule has 10 heavy (non-hydrogen) atoms. The number of hydrogen-bond donors (Lipinski definition) is 0. The maximum Gasteiger partial charge on any atom is -0.0294 e. The van der Waals surface area contributed by atoms with Crippen molar-refractivity contribution in [1.82, 2.24) is 0 Å². The molecule has 0 amide bonds. The minimum absolute atomic E-state index is 0.845. The first kappa shape index (κ1) is 8.10. The molecule has 0 aromatic carbocycles. The van der Waals surface area contributed by atoms with E-state index in [0.29, 0.717) is 0 Å². The van der Waals surface area contributed by atoms with Gasteiger partial charge in [0.25, 0.3) is 0 Å². The molecule has 0 spiro atoms. The Kier molecular flexibility index (Phi) is 2.38. The standard InChI is InChI=1S/C8H14.C2H6/c1-8-5-3-2-4-7(8)6-8;1-2/h7H,2-6H2,1H3;1-2H3/t7?,8-;/m1./s1. The summed E-state index contributed by atoms with van der Waals surface area (Å²) in [6.07, 6.45) is 7.63. The van der Waals surface area contributed by atoms with Gasteiger partial charge in [-0.05, 0) is 30.6 Å². The summed E-state index contributed by atoms with van der Waals surface area (Å²) < 4.78 is 0. The molecule has 60 valence electrons. The Morgan fingerprint density at radius 1 is 1.20 bits per heavy atom. The Morgan fingerprint density at radius 2 is 1.90 bits per heavy atom. The molecule has 2 aliphatic carbocycles. The Labute approximate surface area is 65.0 Å². The van der Waals surface area contributed by atoms with E-state index in [-0.39, 0.29) is 0 Å². The number of hydrogen-bond acceptors (Lipinski definition) is 0. The lowest BCUT2D eigenvalue weighted by Gasteiger charge is -2.15. The summed E-state index contributed by atoms with van der Waals surface area (Å²) in [6, 6.07) is 0. The Bertz CT molecular complexity index is 105. The summed E-state index contributed by atoms with van der Waals surface area (Å²) >= 11 is 0. The van der Waals surface area contributed by atoms with Crippen LogP contribution in [0.3, 0.4) is 0 Å². The summed E-state index contributed by atoms with van der Waals surface area (Å²) in [6.45, 7) is 6.46. The normalized spacial score (nSPS) is 42.9. The second-order valence-corrected chi connectivity index (χ2v) is 3.80. The summed E-state index contributed by atoms with van der Waals surface area (Å²) in [7, 11) is 0. The number of rotatable bonds is 0. The van der Waals surface area contributed by atoms with Gasteiger partial charge in [0.1, 0.15) is 0 Å². The highest BCUT2D eigenvalue weighted by molar-refractivity contribution is 5.00. The van der Waals surface area contributed by atoms with Crippen LogP contribution in [0, 0.1) is 11.3 Å². The molecule has 0 aromatic heterocycles. The Hall–Kier alpha value is 0. The minimum Gasteiger partial charge on any atom is -0.0683 e. The van der Waals surface area contributed by atoms with Gasteiger partial charge in [0, 0.05) is 0 Å². The number of fused-ring (bicyclic) bond motifs is 1. The fraction of sp³-hybridized carbons (Fsp3) is 1.00. The van der Waals surface area contributed by atoms with Gasteiger partial charge in [0.05, 0.1) is 0 Å². The lowest BCUT2D eigenvalue weighted by atomic mass is 9.90. The van der Waals surface area contributed by atoms with E-state index in [1.165, 1.54) is 25.7 Å². The molecule has 0 heterocycles. The van der Waals surface area contributed by atoms with E-state index in [2.05, 4.69) is 6.92 Å². The smallest absolute Gasteiger partial charge is 0.0294 e. The summed E-state index contributed by atoms with van der Waals surface area (Å²) in [4.78, 5) is 0. The molecule has 0 bridgehead atoms. The largest absolute Gasteiger partial charge is 0.0683 e. The molecule has 1 unspecified atom stereocenters. The van der Waals surface area contributed by atoms with Crippen LogP contribution in [0.4, 0.5) is 0 Å². The van der Waals surface area contributed by atoms with E-state index in [4.69, 9.17) is 0 Å². The molecular formula is C10H20. The van der Waals surface area contributed by atoms with Gasteiger partial charge in [-0.25, -0.2) is 0 Å². The Morgan fingerprint density at radius 3 is 2.30 bits per heavy atom. The third kappa shape index (κ3) is 1.36. The first-order valence-electron chi connectivity index (χ1n) is 4.81. The highest BCUT2D eigenvalue weighted by atomic mass is 14.5. The molecule has 2 aliphatic rings. The van der Waals surface area contributed by atoms with Gasteiger partial charge in [0.2, 0.25) is 0 Å². The summed E-state index contributed by atoms with van der Waals surface area (Å²) in [5.41, 5.74) is 0.845. The fourth-order valence-electron chi connectivity index (χ4n) is 2.18. The van der Waals surface area contributed by atoms with E-state index >= 15 is 0 Å². The van der Waals surface area contributed by atoms with Crippen molar-refractivity contribution in [1.29, 1.82) is 0 Å². The second kappa shape index (κ2) is 2.94. The monoisotopic (exact) mass is 140 g/mol. The summed E-state index contributed by atoms with van der Waals surface area (Å²) in [5.74, 6) is 1.15. The van der Waals surface area contributed by atoms with Gasteiger partial charge < -0.3 is 0 Å². The molecule has 0 nitrogen and oxygen atoms in total. The van der Waals surface area contributed by atoms with Crippen molar-refractivity contribution in [3.05, 3.63) is 0 Å². The van der Waals surface area contributed by atoms with Gasteiger partial charge in [0.15, 0.2) is 0 Å². The van der Waals surface area contributed by atoms with Crippen LogP contribution in [-0.2, 0) is 0 Å². The Balaban J connectivity index is 0.000000231. The predicted octanol–water partition coefficient (Wildman–Crippen LogP) is 3.61. The van der Waals surface area contributed by atoms with Crippen molar-refractivity contribution in [3.63, 3.8) is 0 Å². The molecule has 0 heteroatoms. The van der Waals surface area contributed by atoms with Crippen molar-refractivity contribution in [2.24, 2.45) is 11.3 Å². The van der Waals surface area contributed by atoms with Crippen LogP contribution in [0.1, 0.15) is 52.9 Å². The van der Waals surface area contributed by atoms with Crippen LogP contribution in [-0.4, -0.2) is 0 Å². The predicted molar refractivity (Wildman–Crippen MR) is 46.0 cm³/mol. The third-order valence-electron chi connectivity index (χ3n) is 3.09. The maximum atomic E-state index is 2.46. The van der Waals surface area contributed by atoms with Crippen molar-refractivity contribution in [2.45, 2.75) is 52.9 Å². The summed E-state index contributed by atoms with van der Waals surface area (Å²) in [5, 5.41) is 0. The SMILES string of the molecule is CC.C[C@]12CCCCC1C2. The molecule has 0 aliphatic heterocycles. The third-order valence-corrected chi connectivity index (χ3v) is 3.09. The molecule has 2 saturated carbocycles. The van der Waals surface area contributed by atoms with Gasteiger partial charge in [-0.15, -0.1) is 0 Å². The first-order valence-corrected chi connectivity index (χ1v) is 4.81. The van der Waals surface area contributed by atoms with Crippen molar-refractivity contribution < 1.29 is 0 Å². The molecule has 0 aromatic rings. The van der Waals surface area contributed by atoms with Gasteiger partial charge in [-0.3, -0.25) is 0 Å². The highest BCUT2D eigenvalue weighted by Gasteiger charge is 2.50. The van der Waals surface area contributed by atoms with Crippen LogP contribution in [0.2, 0.25) is 0 Å². The highest BCUT2D eigenvalue weighted by Crippen LogP contribution is 2.60.